The van der Waals surface area contributed by atoms with Gasteiger partial charge < -0.3 is 5.32 Å². The molecular formula is C4H5NO. The maximum absolute atomic E-state index is 9.94. The van der Waals surface area contributed by atoms with Crippen LogP contribution in [-0.4, -0.2) is 5.91 Å². The molecule has 1 fully saturated rings. The first-order chi connectivity index (χ1) is 2.79. The average Bonchev–Trinajstić information content (AvgIpc) is 1.33. The summed E-state index contributed by atoms with van der Waals surface area (Å²) >= 11 is 0. The van der Waals surface area contributed by atoms with E-state index in [1.54, 1.807) is 0 Å². The fourth-order valence-electron chi connectivity index (χ4n) is 0.373. The lowest BCUT2D eigenvalue weighted by Crippen LogP contribution is -2.34. The molecule has 0 aliphatic carbocycles. The van der Waals surface area contributed by atoms with Crippen LogP contribution in [0.3, 0.4) is 0 Å². The van der Waals surface area contributed by atoms with E-state index in [4.69, 9.17) is 0 Å². The number of amides is 1. The number of hydrogen-bond donors (Lipinski definition) is 1. The molecule has 2 nitrogen and oxygen atoms in total. The minimum absolute atomic E-state index is 0.0833. The molecule has 0 radical (unpaired) electrons. The van der Waals surface area contributed by atoms with Gasteiger partial charge in [0.15, 0.2) is 0 Å². The summed E-state index contributed by atoms with van der Waals surface area (Å²) in [6, 6.07) is 0. The van der Waals surface area contributed by atoms with Crippen molar-refractivity contribution in [1.29, 1.82) is 0 Å². The van der Waals surface area contributed by atoms with Gasteiger partial charge in [-0.3, -0.25) is 4.79 Å². The van der Waals surface area contributed by atoms with Crippen molar-refractivity contribution in [3.63, 3.8) is 0 Å². The zero-order chi connectivity index (χ0) is 4.57. The van der Waals surface area contributed by atoms with Crippen LogP contribution in [0.4, 0.5) is 0 Å². The monoisotopic (exact) mass is 83.0 g/mol. The van der Waals surface area contributed by atoms with Gasteiger partial charge in [-0.1, -0.05) is 6.58 Å². The summed E-state index contributed by atoms with van der Waals surface area (Å²) in [5.41, 5.74) is 0.833. The highest BCUT2D eigenvalue weighted by Crippen LogP contribution is 2.02. The van der Waals surface area contributed by atoms with Crippen LogP contribution < -0.4 is 5.32 Å². The molecule has 0 saturated carbocycles. The zero-order valence-electron chi connectivity index (χ0n) is 3.32. The third kappa shape index (κ3) is 0.302. The molecule has 0 spiro atoms. The summed E-state index contributed by atoms with van der Waals surface area (Å²) in [5, 5.41) is 2.47. The van der Waals surface area contributed by atoms with Crippen LogP contribution in [0.15, 0.2) is 12.3 Å². The van der Waals surface area contributed by atoms with Crippen molar-refractivity contribution in [2.75, 3.05) is 0 Å². The smallest absolute Gasteiger partial charge is 0.230 e. The molecule has 1 N–H and O–H groups in total. The highest BCUT2D eigenvalue weighted by Gasteiger charge is 2.13. The van der Waals surface area contributed by atoms with E-state index in [-0.39, 0.29) is 5.91 Å². The molecule has 1 aliphatic rings. The molecule has 1 saturated heterocycles. The molecule has 1 rings (SSSR count). The number of nitrogens with one attached hydrogen (secondary N) is 1. The second-order valence-corrected chi connectivity index (χ2v) is 1.33. The van der Waals surface area contributed by atoms with Crippen LogP contribution in [0, 0.1) is 0 Å². The highest BCUT2D eigenvalue weighted by atomic mass is 16.2. The number of rotatable bonds is 0. The van der Waals surface area contributed by atoms with Crippen LogP contribution in [0.25, 0.3) is 0 Å². The fraction of sp³-hybridized carbons (Fsp3) is 0.250. The molecule has 0 aromatic carbocycles. The molecule has 32 valence electrons. The minimum atomic E-state index is 0.0833. The van der Waals surface area contributed by atoms with Crippen LogP contribution in [0.1, 0.15) is 6.42 Å². The van der Waals surface area contributed by atoms with Gasteiger partial charge in [0.05, 0.1) is 6.42 Å². The standard InChI is InChI=1S/C4H5NO/c1-3-2-4(6)5-3/h1-2H2,(H,5,6). The quantitative estimate of drug-likeness (QED) is 0.411. The Morgan fingerprint density at radius 2 is 2.33 bits per heavy atom. The third-order valence-electron chi connectivity index (χ3n) is 0.690. The Morgan fingerprint density at radius 3 is 2.33 bits per heavy atom. The van der Waals surface area contributed by atoms with Gasteiger partial charge in [-0.15, -0.1) is 0 Å². The summed E-state index contributed by atoms with van der Waals surface area (Å²) < 4.78 is 0. The zero-order valence-corrected chi connectivity index (χ0v) is 3.32. The maximum atomic E-state index is 9.94. The predicted molar refractivity (Wildman–Crippen MR) is 21.9 cm³/mol. The lowest BCUT2D eigenvalue weighted by Gasteiger charge is -2.14. The van der Waals surface area contributed by atoms with Gasteiger partial charge >= 0.3 is 0 Å². The van der Waals surface area contributed by atoms with E-state index in [0.717, 1.165) is 5.70 Å². The van der Waals surface area contributed by atoms with Crippen LogP contribution in [0.5, 0.6) is 0 Å². The van der Waals surface area contributed by atoms with Gasteiger partial charge in [0, 0.05) is 5.70 Å². The Labute approximate surface area is 35.9 Å². The molecule has 0 bridgehead atoms. The molecule has 6 heavy (non-hydrogen) atoms. The molecule has 0 unspecified atom stereocenters. The van der Waals surface area contributed by atoms with Crippen molar-refractivity contribution < 1.29 is 4.79 Å². The molecule has 0 aromatic heterocycles. The lowest BCUT2D eigenvalue weighted by molar-refractivity contribution is -0.123. The van der Waals surface area contributed by atoms with Gasteiger partial charge in [0.1, 0.15) is 0 Å². The average molecular weight is 83.1 g/mol. The van der Waals surface area contributed by atoms with E-state index >= 15 is 0 Å². The van der Waals surface area contributed by atoms with Crippen molar-refractivity contribution in [1.82, 2.24) is 5.32 Å². The Hall–Kier alpha value is -0.790. The Kier molecular flexibility index (Phi) is 0.473. The van der Waals surface area contributed by atoms with Gasteiger partial charge in [-0.25, -0.2) is 0 Å². The normalized spacial score (nSPS) is 19.3. The summed E-state index contributed by atoms with van der Waals surface area (Å²) in [4.78, 5) is 9.94. The topological polar surface area (TPSA) is 29.1 Å². The van der Waals surface area contributed by atoms with Crippen molar-refractivity contribution in [2.45, 2.75) is 6.42 Å². The van der Waals surface area contributed by atoms with E-state index in [9.17, 15) is 4.79 Å². The first kappa shape index (κ1) is 3.40. The Balaban J connectivity index is 2.47. The summed E-state index contributed by atoms with van der Waals surface area (Å²) in [6.07, 6.45) is 0.528. The van der Waals surface area contributed by atoms with Crippen LogP contribution in [-0.2, 0) is 4.79 Å². The van der Waals surface area contributed by atoms with E-state index in [0.29, 0.717) is 6.42 Å². The molecular weight excluding hydrogens is 78.0 g/mol. The Bertz CT molecular complexity index is 84.1. The summed E-state index contributed by atoms with van der Waals surface area (Å²) in [5.74, 6) is 0.0833. The maximum Gasteiger partial charge on any atom is 0.230 e. The predicted octanol–water partition coefficient (Wildman–Crippen LogP) is 0.0200. The van der Waals surface area contributed by atoms with E-state index in [1.165, 1.54) is 0 Å². The molecule has 1 aliphatic heterocycles. The van der Waals surface area contributed by atoms with Crippen LogP contribution in [0.2, 0.25) is 0 Å². The SMILES string of the molecule is C=C1CC(=O)N1. The molecule has 0 aromatic rings. The summed E-state index contributed by atoms with van der Waals surface area (Å²) in [7, 11) is 0. The van der Waals surface area contributed by atoms with Gasteiger partial charge in [-0.05, 0) is 0 Å². The first-order valence-corrected chi connectivity index (χ1v) is 1.76. The number of carbonyl (C=O) groups is 1. The molecule has 2 heteroatoms. The van der Waals surface area contributed by atoms with Crippen LogP contribution >= 0.6 is 0 Å². The number of β-lactam (4-membered cyclic amide) rings is 1. The highest BCUT2D eigenvalue weighted by molar-refractivity contribution is 5.87. The Morgan fingerprint density at radius 1 is 1.83 bits per heavy atom. The molecule has 1 amide bonds. The third-order valence-corrected chi connectivity index (χ3v) is 0.690. The lowest BCUT2D eigenvalue weighted by atomic mass is 10.2. The van der Waals surface area contributed by atoms with Crippen molar-refractivity contribution in [2.24, 2.45) is 0 Å². The minimum Gasteiger partial charge on any atom is -0.330 e. The van der Waals surface area contributed by atoms with Gasteiger partial charge in [0.2, 0.25) is 5.91 Å². The second kappa shape index (κ2) is 0.834. The van der Waals surface area contributed by atoms with Gasteiger partial charge in [-0.2, -0.15) is 0 Å². The number of carbonyl (C=O) groups excluding carboxylic acids is 1. The number of hydrogen-bond acceptors (Lipinski definition) is 1. The van der Waals surface area contributed by atoms with Crippen molar-refractivity contribution in [3.8, 4) is 0 Å². The first-order valence-electron chi connectivity index (χ1n) is 1.76. The van der Waals surface area contributed by atoms with E-state index in [2.05, 4.69) is 11.9 Å². The molecule has 0 atom stereocenters. The molecule has 1 heterocycles. The summed E-state index contributed by atoms with van der Waals surface area (Å²) in [6.45, 7) is 3.48. The van der Waals surface area contributed by atoms with Gasteiger partial charge in [0.25, 0.3) is 0 Å². The fourth-order valence-corrected chi connectivity index (χ4v) is 0.373. The van der Waals surface area contributed by atoms with Crippen molar-refractivity contribution >= 4 is 5.91 Å². The largest absolute Gasteiger partial charge is 0.330 e. The van der Waals surface area contributed by atoms with E-state index < -0.39 is 0 Å². The van der Waals surface area contributed by atoms with E-state index in [1.807, 2.05) is 0 Å². The van der Waals surface area contributed by atoms with Crippen molar-refractivity contribution in [3.05, 3.63) is 12.3 Å². The second-order valence-electron chi connectivity index (χ2n) is 1.33.